The molecular weight excluding hydrogens is 454 g/mol. The molecule has 0 saturated carbocycles. The van der Waals surface area contributed by atoms with E-state index in [1.807, 2.05) is 24.7 Å². The van der Waals surface area contributed by atoms with Crippen LogP contribution >= 0.6 is 23.1 Å². The van der Waals surface area contributed by atoms with Crippen LogP contribution in [0.4, 0.5) is 0 Å². The van der Waals surface area contributed by atoms with Crippen LogP contribution < -0.4 is 16.7 Å². The molecular formula is C20H27N5O5S2. The van der Waals surface area contributed by atoms with Gasteiger partial charge in [0.15, 0.2) is 5.16 Å². The molecule has 12 heteroatoms. The van der Waals surface area contributed by atoms with E-state index in [9.17, 15) is 14.4 Å². The topological polar surface area (TPSA) is 120 Å². The molecule has 32 heavy (non-hydrogen) atoms. The highest BCUT2D eigenvalue weighted by Gasteiger charge is 2.26. The number of rotatable bonds is 10. The molecule has 0 atom stereocenters. The highest BCUT2D eigenvalue weighted by atomic mass is 32.2. The summed E-state index contributed by atoms with van der Waals surface area (Å²) in [7, 11) is 1.42. The van der Waals surface area contributed by atoms with Crippen molar-refractivity contribution in [3.63, 3.8) is 0 Å². The Hall–Kier alpha value is -2.41. The van der Waals surface area contributed by atoms with Crippen LogP contribution in [0.15, 0.2) is 27.1 Å². The van der Waals surface area contributed by atoms with Gasteiger partial charge in [0.2, 0.25) is 0 Å². The molecule has 0 spiro atoms. The van der Waals surface area contributed by atoms with Gasteiger partial charge in [-0.2, -0.15) is 0 Å². The molecule has 1 amide bonds. The van der Waals surface area contributed by atoms with Gasteiger partial charge in [-0.1, -0.05) is 25.6 Å². The Morgan fingerprint density at radius 1 is 1.38 bits per heavy atom. The third-order valence-electron chi connectivity index (χ3n) is 4.76. The van der Waals surface area contributed by atoms with E-state index in [2.05, 4.69) is 10.5 Å². The van der Waals surface area contributed by atoms with Crippen molar-refractivity contribution < 1.29 is 14.7 Å². The zero-order valence-electron chi connectivity index (χ0n) is 18.5. The molecule has 0 unspecified atom stereocenters. The summed E-state index contributed by atoms with van der Waals surface area (Å²) >= 11 is 2.72. The lowest BCUT2D eigenvalue weighted by molar-refractivity contribution is 0.0262. The van der Waals surface area contributed by atoms with Gasteiger partial charge < -0.3 is 9.67 Å². The molecule has 0 bridgehead atoms. The van der Waals surface area contributed by atoms with E-state index in [1.165, 1.54) is 30.1 Å². The van der Waals surface area contributed by atoms with Gasteiger partial charge in [0, 0.05) is 37.5 Å². The van der Waals surface area contributed by atoms with Gasteiger partial charge >= 0.3 is 5.69 Å². The minimum atomic E-state index is -0.568. The lowest BCUT2D eigenvalue weighted by Gasteiger charge is -2.12. The first-order valence-electron chi connectivity index (χ1n) is 10.1. The molecule has 0 saturated heterocycles. The lowest BCUT2D eigenvalue weighted by atomic mass is 10.1. The Morgan fingerprint density at radius 3 is 2.78 bits per heavy atom. The number of nitrogens with zero attached hydrogens (tertiary/aromatic N) is 4. The summed E-state index contributed by atoms with van der Waals surface area (Å²) in [5.41, 5.74) is 1.62. The monoisotopic (exact) mass is 481 g/mol. The van der Waals surface area contributed by atoms with Gasteiger partial charge in [0.25, 0.3) is 11.5 Å². The molecule has 3 aromatic rings. The number of imidazole rings is 1. The van der Waals surface area contributed by atoms with Crippen molar-refractivity contribution >= 4 is 39.2 Å². The number of hydrogen-bond acceptors (Lipinski definition) is 8. The first-order chi connectivity index (χ1) is 15.3. The number of thiophene rings is 1. The molecule has 174 valence electrons. The second-order valence-corrected chi connectivity index (χ2v) is 9.49. The van der Waals surface area contributed by atoms with Crippen molar-refractivity contribution in [3.05, 3.63) is 43.7 Å². The van der Waals surface area contributed by atoms with Crippen molar-refractivity contribution in [3.8, 4) is 0 Å². The van der Waals surface area contributed by atoms with Crippen LogP contribution in [0.1, 0.15) is 35.5 Å². The third-order valence-corrected chi connectivity index (χ3v) is 6.66. The maximum Gasteiger partial charge on any atom is 0.331 e. The van der Waals surface area contributed by atoms with Crippen molar-refractivity contribution in [1.29, 1.82) is 0 Å². The van der Waals surface area contributed by atoms with E-state index in [0.717, 1.165) is 9.72 Å². The average Bonchev–Trinajstić information content (AvgIpc) is 3.37. The molecule has 0 fully saturated rings. The van der Waals surface area contributed by atoms with Gasteiger partial charge in [-0.05, 0) is 18.6 Å². The zero-order valence-corrected chi connectivity index (χ0v) is 20.1. The van der Waals surface area contributed by atoms with Gasteiger partial charge in [0.05, 0.1) is 24.1 Å². The Labute approximate surface area is 192 Å². The lowest BCUT2D eigenvalue weighted by Crippen LogP contribution is -2.39. The molecule has 0 aromatic carbocycles. The molecule has 3 rings (SSSR count). The summed E-state index contributed by atoms with van der Waals surface area (Å²) < 4.78 is 4.48. The predicted octanol–water partition coefficient (Wildman–Crippen LogP) is 1.43. The number of amides is 1. The summed E-state index contributed by atoms with van der Waals surface area (Å²) in [6.45, 7) is 4.76. The highest BCUT2D eigenvalue weighted by Crippen LogP contribution is 2.30. The SMILES string of the molecule is CSc1nccn1Cc1sc2c(c1C(=O)NOCCCO)c(=O)n(C)c(=O)n2CC(C)C. The number of carbonyl (C=O) groups excluding carboxylic acids is 1. The van der Waals surface area contributed by atoms with Crippen LogP contribution in [-0.2, 0) is 25.0 Å². The summed E-state index contributed by atoms with van der Waals surface area (Å²) in [4.78, 5) is 49.6. The zero-order chi connectivity index (χ0) is 23.4. The summed E-state index contributed by atoms with van der Waals surface area (Å²) in [6.07, 6.45) is 5.74. The van der Waals surface area contributed by atoms with E-state index in [-0.39, 0.29) is 30.1 Å². The van der Waals surface area contributed by atoms with Crippen LogP contribution in [0.5, 0.6) is 0 Å². The third kappa shape index (κ3) is 4.82. The number of fused-ring (bicyclic) bond motifs is 1. The van der Waals surface area contributed by atoms with E-state index in [0.29, 0.717) is 29.2 Å². The molecule has 10 nitrogen and oxygen atoms in total. The van der Waals surface area contributed by atoms with Crippen molar-refractivity contribution in [1.82, 2.24) is 24.2 Å². The van der Waals surface area contributed by atoms with E-state index in [4.69, 9.17) is 9.94 Å². The number of aromatic nitrogens is 4. The Kier molecular flexibility index (Phi) is 7.93. The van der Waals surface area contributed by atoms with Gasteiger partial charge in [-0.25, -0.2) is 15.3 Å². The maximum atomic E-state index is 13.1. The van der Waals surface area contributed by atoms with E-state index >= 15 is 0 Å². The first-order valence-corrected chi connectivity index (χ1v) is 12.2. The second kappa shape index (κ2) is 10.5. The van der Waals surface area contributed by atoms with Crippen molar-refractivity contribution in [2.24, 2.45) is 13.0 Å². The Morgan fingerprint density at radius 2 is 2.12 bits per heavy atom. The molecule has 0 aliphatic carbocycles. The quantitative estimate of drug-likeness (QED) is 0.255. The minimum Gasteiger partial charge on any atom is -0.396 e. The Bertz CT molecular complexity index is 1220. The number of hydroxylamine groups is 1. The van der Waals surface area contributed by atoms with Crippen molar-refractivity contribution in [2.75, 3.05) is 19.5 Å². The number of carbonyl (C=O) groups is 1. The molecule has 0 aliphatic heterocycles. The smallest absolute Gasteiger partial charge is 0.331 e. The first kappa shape index (κ1) is 24.2. The van der Waals surface area contributed by atoms with Gasteiger partial charge in [-0.15, -0.1) is 11.3 Å². The van der Waals surface area contributed by atoms with Crippen LogP contribution in [0.25, 0.3) is 10.2 Å². The van der Waals surface area contributed by atoms with E-state index in [1.54, 1.807) is 17.0 Å². The predicted molar refractivity (Wildman–Crippen MR) is 124 cm³/mol. The van der Waals surface area contributed by atoms with Crippen LogP contribution in [-0.4, -0.2) is 49.2 Å². The molecule has 0 aliphatic rings. The number of hydrogen-bond donors (Lipinski definition) is 2. The normalized spacial score (nSPS) is 11.6. The fourth-order valence-corrected chi connectivity index (χ4v) is 5.13. The molecule has 3 aromatic heterocycles. The summed E-state index contributed by atoms with van der Waals surface area (Å²) in [6, 6.07) is 0. The highest BCUT2D eigenvalue weighted by molar-refractivity contribution is 7.98. The summed E-state index contributed by atoms with van der Waals surface area (Å²) in [5.74, 6) is -0.406. The van der Waals surface area contributed by atoms with Gasteiger partial charge in [0.1, 0.15) is 4.83 Å². The van der Waals surface area contributed by atoms with Gasteiger partial charge in [-0.3, -0.25) is 23.6 Å². The largest absolute Gasteiger partial charge is 0.396 e. The van der Waals surface area contributed by atoms with Crippen molar-refractivity contribution in [2.45, 2.75) is 38.5 Å². The summed E-state index contributed by atoms with van der Waals surface area (Å²) in [5, 5.41) is 9.87. The van der Waals surface area contributed by atoms with Crippen LogP contribution in [0.2, 0.25) is 0 Å². The van der Waals surface area contributed by atoms with Crippen LogP contribution in [0, 0.1) is 5.92 Å². The maximum absolute atomic E-state index is 13.1. The Balaban J connectivity index is 2.21. The fourth-order valence-electron chi connectivity index (χ4n) is 3.32. The minimum absolute atomic E-state index is 0.0669. The average molecular weight is 482 g/mol. The van der Waals surface area contributed by atoms with Crippen LogP contribution in [0.3, 0.4) is 0 Å². The second-order valence-electron chi connectivity index (χ2n) is 7.63. The standard InChI is InChI=1S/C20H27N5O5S2/c1-12(2)10-25-18-15(17(28)23(3)20(25)29)14(16(27)22-30-9-5-8-26)13(32-18)11-24-7-6-21-19(24)31-4/h6-7,12,26H,5,8-11H2,1-4H3,(H,22,27). The molecule has 2 N–H and O–H groups in total. The van der Waals surface area contributed by atoms with E-state index < -0.39 is 17.2 Å². The molecule has 3 heterocycles. The number of aliphatic hydroxyl groups excluding tert-OH is 1. The number of aliphatic hydroxyl groups is 1. The molecule has 0 radical (unpaired) electrons. The number of thioether (sulfide) groups is 1. The number of nitrogens with one attached hydrogen (secondary N) is 1. The fraction of sp³-hybridized carbons (Fsp3) is 0.500.